The number of nitrogens with two attached hydrogens (primary N) is 1. The highest BCUT2D eigenvalue weighted by Gasteiger charge is 2.14. The number of carbonyl (C=O) groups is 1. The average molecular weight is 285 g/mol. The fourth-order valence-electron chi connectivity index (χ4n) is 2.18. The Morgan fingerprint density at radius 2 is 1.89 bits per heavy atom. The summed E-state index contributed by atoms with van der Waals surface area (Å²) in [5, 5.41) is 2.84. The van der Waals surface area contributed by atoms with Crippen molar-refractivity contribution in [2.45, 2.75) is 31.8 Å². The van der Waals surface area contributed by atoms with Crippen LogP contribution in [-0.2, 0) is 4.74 Å². The number of hydrogen-bond acceptors (Lipinski definition) is 3. The van der Waals surface area contributed by atoms with E-state index >= 15 is 0 Å². The first-order chi connectivity index (χ1) is 8.75. The molecule has 0 aliphatic heterocycles. The number of benzene rings is 1. The van der Waals surface area contributed by atoms with Gasteiger partial charge in [0.25, 0.3) is 5.91 Å². The molecule has 2 rings (SSSR count). The Morgan fingerprint density at radius 1 is 1.26 bits per heavy atom. The summed E-state index contributed by atoms with van der Waals surface area (Å²) in [5.74, 6) is -0.0787. The first-order valence-electron chi connectivity index (χ1n) is 6.51. The molecule has 1 aliphatic rings. The summed E-state index contributed by atoms with van der Waals surface area (Å²) in [6.45, 7) is 1.14. The van der Waals surface area contributed by atoms with Gasteiger partial charge in [0.05, 0.1) is 12.7 Å². The third-order valence-electron chi connectivity index (χ3n) is 3.22. The largest absolute Gasteiger partial charge is 0.399 e. The Labute approximate surface area is 120 Å². The third-order valence-corrected chi connectivity index (χ3v) is 3.22. The van der Waals surface area contributed by atoms with Crippen LogP contribution in [0.1, 0.15) is 36.0 Å². The zero-order valence-electron chi connectivity index (χ0n) is 10.9. The molecule has 1 aromatic carbocycles. The van der Waals surface area contributed by atoms with Crippen molar-refractivity contribution >= 4 is 24.0 Å². The van der Waals surface area contributed by atoms with E-state index in [2.05, 4.69) is 5.32 Å². The minimum absolute atomic E-state index is 0. The maximum atomic E-state index is 11.7. The lowest BCUT2D eigenvalue weighted by molar-refractivity contribution is 0.0582. The Kier molecular flexibility index (Phi) is 6.67. The zero-order valence-corrected chi connectivity index (χ0v) is 11.7. The molecule has 0 aromatic heterocycles. The van der Waals surface area contributed by atoms with Crippen molar-refractivity contribution in [2.24, 2.45) is 0 Å². The Hall–Kier alpha value is -1.26. The normalized spacial score (nSPS) is 14.9. The van der Waals surface area contributed by atoms with Crippen LogP contribution < -0.4 is 11.1 Å². The second-order valence-corrected chi connectivity index (χ2v) is 4.66. The SMILES string of the molecule is Cl.Nc1ccc(C(=O)NCCOC2CCCC2)cc1. The molecule has 0 saturated heterocycles. The lowest BCUT2D eigenvalue weighted by atomic mass is 10.2. The van der Waals surface area contributed by atoms with E-state index in [0.29, 0.717) is 30.5 Å². The van der Waals surface area contributed by atoms with Crippen molar-refractivity contribution in [3.63, 3.8) is 0 Å². The highest BCUT2D eigenvalue weighted by molar-refractivity contribution is 5.94. The van der Waals surface area contributed by atoms with Gasteiger partial charge in [-0.3, -0.25) is 4.79 Å². The molecule has 5 heteroatoms. The summed E-state index contributed by atoms with van der Waals surface area (Å²) >= 11 is 0. The van der Waals surface area contributed by atoms with Crippen LogP contribution in [0.25, 0.3) is 0 Å². The molecule has 0 heterocycles. The van der Waals surface area contributed by atoms with Gasteiger partial charge in [0.15, 0.2) is 0 Å². The highest BCUT2D eigenvalue weighted by atomic mass is 35.5. The predicted octanol–water partition coefficient (Wildman–Crippen LogP) is 2.38. The summed E-state index contributed by atoms with van der Waals surface area (Å²) in [4.78, 5) is 11.7. The maximum Gasteiger partial charge on any atom is 0.251 e. The number of anilines is 1. The van der Waals surface area contributed by atoms with Crippen molar-refractivity contribution in [1.29, 1.82) is 0 Å². The van der Waals surface area contributed by atoms with Crippen LogP contribution in [-0.4, -0.2) is 25.2 Å². The molecule has 4 nitrogen and oxygen atoms in total. The Bertz CT molecular complexity index is 389. The van der Waals surface area contributed by atoms with Gasteiger partial charge in [-0.1, -0.05) is 12.8 Å². The number of ether oxygens (including phenoxy) is 1. The molecule has 1 saturated carbocycles. The minimum Gasteiger partial charge on any atom is -0.399 e. The van der Waals surface area contributed by atoms with Gasteiger partial charge in [-0.2, -0.15) is 0 Å². The topological polar surface area (TPSA) is 64.4 Å². The quantitative estimate of drug-likeness (QED) is 0.644. The van der Waals surface area contributed by atoms with Gasteiger partial charge < -0.3 is 15.8 Å². The van der Waals surface area contributed by atoms with E-state index in [1.54, 1.807) is 24.3 Å². The summed E-state index contributed by atoms with van der Waals surface area (Å²) in [6.07, 6.45) is 5.25. The van der Waals surface area contributed by atoms with Crippen molar-refractivity contribution in [3.8, 4) is 0 Å². The molecule has 0 unspecified atom stereocenters. The molecule has 1 amide bonds. The minimum atomic E-state index is -0.0787. The molecule has 106 valence electrons. The van der Waals surface area contributed by atoms with Crippen LogP contribution in [0.15, 0.2) is 24.3 Å². The van der Waals surface area contributed by atoms with Crippen molar-refractivity contribution < 1.29 is 9.53 Å². The monoisotopic (exact) mass is 284 g/mol. The molecule has 3 N–H and O–H groups in total. The van der Waals surface area contributed by atoms with Gasteiger partial charge in [0.2, 0.25) is 0 Å². The van der Waals surface area contributed by atoms with Crippen LogP contribution in [0.2, 0.25) is 0 Å². The molecule has 1 aliphatic carbocycles. The lowest BCUT2D eigenvalue weighted by Crippen LogP contribution is -2.28. The van der Waals surface area contributed by atoms with Crippen molar-refractivity contribution in [2.75, 3.05) is 18.9 Å². The van der Waals surface area contributed by atoms with Crippen LogP contribution in [0.3, 0.4) is 0 Å². The van der Waals surface area contributed by atoms with Crippen LogP contribution in [0.5, 0.6) is 0 Å². The van der Waals surface area contributed by atoms with Gasteiger partial charge in [0, 0.05) is 17.8 Å². The van der Waals surface area contributed by atoms with E-state index in [-0.39, 0.29) is 18.3 Å². The summed E-state index contributed by atoms with van der Waals surface area (Å²) in [7, 11) is 0. The van der Waals surface area contributed by atoms with E-state index in [9.17, 15) is 4.79 Å². The lowest BCUT2D eigenvalue weighted by Gasteiger charge is -2.11. The van der Waals surface area contributed by atoms with Crippen LogP contribution in [0, 0.1) is 0 Å². The molecular weight excluding hydrogens is 264 g/mol. The Balaban J connectivity index is 0.00000180. The number of hydrogen-bond donors (Lipinski definition) is 2. The molecule has 1 aromatic rings. The molecule has 0 atom stereocenters. The van der Waals surface area contributed by atoms with E-state index in [1.165, 1.54) is 12.8 Å². The fourth-order valence-corrected chi connectivity index (χ4v) is 2.18. The first kappa shape index (κ1) is 15.8. The maximum absolute atomic E-state index is 11.7. The van der Waals surface area contributed by atoms with Gasteiger partial charge in [-0.05, 0) is 37.1 Å². The number of nitrogen functional groups attached to an aromatic ring is 1. The van der Waals surface area contributed by atoms with Gasteiger partial charge in [-0.25, -0.2) is 0 Å². The predicted molar refractivity (Wildman–Crippen MR) is 78.6 cm³/mol. The second-order valence-electron chi connectivity index (χ2n) is 4.66. The fraction of sp³-hybridized carbons (Fsp3) is 0.500. The smallest absolute Gasteiger partial charge is 0.251 e. The molecule has 1 fully saturated rings. The summed E-state index contributed by atoms with van der Waals surface area (Å²) in [6, 6.07) is 6.90. The molecule has 0 radical (unpaired) electrons. The van der Waals surface area contributed by atoms with Gasteiger partial charge >= 0.3 is 0 Å². The third kappa shape index (κ3) is 5.09. The molecular formula is C14H21ClN2O2. The van der Waals surface area contributed by atoms with Crippen LogP contribution in [0.4, 0.5) is 5.69 Å². The number of halogens is 1. The first-order valence-corrected chi connectivity index (χ1v) is 6.51. The zero-order chi connectivity index (χ0) is 12.8. The molecule has 19 heavy (non-hydrogen) atoms. The van der Waals surface area contributed by atoms with E-state index < -0.39 is 0 Å². The summed E-state index contributed by atoms with van der Waals surface area (Å²) < 4.78 is 5.67. The second kappa shape index (κ2) is 8.02. The van der Waals surface area contributed by atoms with E-state index in [4.69, 9.17) is 10.5 Å². The number of rotatable bonds is 5. The number of carbonyl (C=O) groups excluding carboxylic acids is 1. The average Bonchev–Trinajstić information content (AvgIpc) is 2.88. The van der Waals surface area contributed by atoms with Crippen LogP contribution >= 0.6 is 12.4 Å². The molecule has 0 spiro atoms. The number of nitrogens with one attached hydrogen (secondary N) is 1. The van der Waals surface area contributed by atoms with E-state index in [1.807, 2.05) is 0 Å². The number of amides is 1. The standard InChI is InChI=1S/C14H20N2O2.ClH/c15-12-7-5-11(6-8-12)14(17)16-9-10-18-13-3-1-2-4-13;/h5-8,13H,1-4,9-10,15H2,(H,16,17);1H. The van der Waals surface area contributed by atoms with E-state index in [0.717, 1.165) is 12.8 Å². The van der Waals surface area contributed by atoms with Gasteiger partial charge in [-0.15, -0.1) is 12.4 Å². The summed E-state index contributed by atoms with van der Waals surface area (Å²) in [5.41, 5.74) is 6.86. The Morgan fingerprint density at radius 3 is 2.53 bits per heavy atom. The molecule has 0 bridgehead atoms. The van der Waals surface area contributed by atoms with Gasteiger partial charge in [0.1, 0.15) is 0 Å². The highest BCUT2D eigenvalue weighted by Crippen LogP contribution is 2.20. The van der Waals surface area contributed by atoms with Crippen molar-refractivity contribution in [3.05, 3.63) is 29.8 Å². The van der Waals surface area contributed by atoms with Crippen molar-refractivity contribution in [1.82, 2.24) is 5.32 Å².